The molecule has 1 aromatic rings. The van der Waals surface area contributed by atoms with Gasteiger partial charge in [-0.3, -0.25) is 0 Å². The van der Waals surface area contributed by atoms with E-state index in [2.05, 4.69) is 17.2 Å². The van der Waals surface area contributed by atoms with Gasteiger partial charge in [-0.2, -0.15) is 0 Å². The summed E-state index contributed by atoms with van der Waals surface area (Å²) in [4.78, 5) is 16.3. The first-order valence-corrected chi connectivity index (χ1v) is 7.25. The highest BCUT2D eigenvalue weighted by Crippen LogP contribution is 2.28. The Hall–Kier alpha value is -1.82. The van der Waals surface area contributed by atoms with Crippen molar-refractivity contribution in [3.05, 3.63) is 17.8 Å². The van der Waals surface area contributed by atoms with Crippen molar-refractivity contribution in [2.75, 3.05) is 20.3 Å². The second-order valence-electron chi connectivity index (χ2n) is 5.04. The van der Waals surface area contributed by atoms with Gasteiger partial charge in [-0.25, -0.2) is 9.78 Å². The lowest BCUT2D eigenvalue weighted by Crippen LogP contribution is -2.42. The van der Waals surface area contributed by atoms with Crippen molar-refractivity contribution < 1.29 is 19.0 Å². The minimum absolute atomic E-state index is 0.00557. The molecule has 21 heavy (non-hydrogen) atoms. The molecular weight excluding hydrogens is 272 g/mol. The number of nitrogens with zero attached hydrogens (tertiary/aromatic N) is 1. The molecule has 1 N–H and O–H groups in total. The normalized spacial score (nSPS) is 21.7. The van der Waals surface area contributed by atoms with Gasteiger partial charge in [0.15, 0.2) is 5.56 Å². The van der Waals surface area contributed by atoms with Crippen molar-refractivity contribution in [1.82, 2.24) is 10.3 Å². The van der Waals surface area contributed by atoms with Crippen molar-refractivity contribution in [3.63, 3.8) is 0 Å². The third kappa shape index (κ3) is 3.85. The summed E-state index contributed by atoms with van der Waals surface area (Å²) in [5.74, 6) is 0.208. The fourth-order valence-corrected chi connectivity index (χ4v) is 2.31. The summed E-state index contributed by atoms with van der Waals surface area (Å²) in [7, 11) is 1.51. The number of carbonyl (C=O) groups is 1. The van der Waals surface area contributed by atoms with E-state index in [1.165, 1.54) is 7.11 Å². The van der Waals surface area contributed by atoms with Gasteiger partial charge < -0.3 is 19.5 Å². The summed E-state index contributed by atoms with van der Waals surface area (Å²) >= 11 is 0. The van der Waals surface area contributed by atoms with E-state index in [1.54, 1.807) is 19.2 Å². The highest BCUT2D eigenvalue weighted by molar-refractivity contribution is 5.94. The summed E-state index contributed by atoms with van der Waals surface area (Å²) in [5, 5.41) is 3.35. The van der Waals surface area contributed by atoms with E-state index in [0.29, 0.717) is 18.4 Å². The van der Waals surface area contributed by atoms with Crippen LogP contribution in [-0.2, 0) is 4.74 Å². The lowest BCUT2D eigenvalue weighted by Gasteiger charge is -2.28. The molecule has 2 rings (SSSR count). The first-order valence-electron chi connectivity index (χ1n) is 7.25. The van der Waals surface area contributed by atoms with Crippen LogP contribution in [0.3, 0.4) is 0 Å². The molecule has 1 aliphatic rings. The fraction of sp³-hybridized carbons (Fsp3) is 0.600. The first kappa shape index (κ1) is 15.6. The average Bonchev–Trinajstić information content (AvgIpc) is 2.49. The third-order valence-corrected chi connectivity index (χ3v) is 3.47. The molecule has 1 aliphatic heterocycles. The predicted molar refractivity (Wildman–Crippen MR) is 77.9 cm³/mol. The van der Waals surface area contributed by atoms with Crippen LogP contribution in [0.5, 0.6) is 11.6 Å². The van der Waals surface area contributed by atoms with Crippen LogP contribution in [0.4, 0.5) is 0 Å². The number of piperidine rings is 1. The fourth-order valence-electron chi connectivity index (χ4n) is 2.31. The molecule has 1 fully saturated rings. The Morgan fingerprint density at radius 3 is 2.90 bits per heavy atom. The number of carbonyl (C=O) groups excluding carboxylic acids is 1. The molecule has 6 heteroatoms. The Kier molecular flexibility index (Phi) is 5.38. The van der Waals surface area contributed by atoms with E-state index in [4.69, 9.17) is 14.2 Å². The summed E-state index contributed by atoms with van der Waals surface area (Å²) in [6.45, 7) is 4.93. The largest absolute Gasteiger partial charge is 0.496 e. The van der Waals surface area contributed by atoms with Gasteiger partial charge in [0.25, 0.3) is 0 Å². The number of hydrogen-bond donors (Lipinski definition) is 1. The van der Waals surface area contributed by atoms with Crippen molar-refractivity contribution in [1.29, 1.82) is 0 Å². The zero-order valence-electron chi connectivity index (χ0n) is 12.7. The lowest BCUT2D eigenvalue weighted by molar-refractivity contribution is 0.0510. The molecule has 116 valence electrons. The second-order valence-corrected chi connectivity index (χ2v) is 5.04. The molecule has 0 amide bonds. The number of aromatic nitrogens is 1. The number of hydrogen-bond acceptors (Lipinski definition) is 6. The maximum absolute atomic E-state index is 12.1. The highest BCUT2D eigenvalue weighted by Gasteiger charge is 2.25. The van der Waals surface area contributed by atoms with Crippen LogP contribution in [0.15, 0.2) is 12.3 Å². The monoisotopic (exact) mass is 294 g/mol. The van der Waals surface area contributed by atoms with Gasteiger partial charge in [0, 0.05) is 18.8 Å². The minimum atomic E-state index is -0.477. The molecule has 1 saturated heterocycles. The molecule has 2 atom stereocenters. The van der Waals surface area contributed by atoms with Crippen LogP contribution >= 0.6 is 0 Å². The maximum atomic E-state index is 12.1. The summed E-state index contributed by atoms with van der Waals surface area (Å²) in [5.41, 5.74) is 0.250. The molecule has 2 heterocycles. The number of methoxy groups -OCH3 is 1. The van der Waals surface area contributed by atoms with Crippen molar-refractivity contribution in [2.24, 2.45) is 0 Å². The van der Waals surface area contributed by atoms with Crippen LogP contribution in [0.1, 0.15) is 37.0 Å². The van der Waals surface area contributed by atoms with Gasteiger partial charge >= 0.3 is 5.97 Å². The number of pyridine rings is 1. The van der Waals surface area contributed by atoms with Crippen LogP contribution in [0.2, 0.25) is 0 Å². The van der Waals surface area contributed by atoms with Gasteiger partial charge in [0.1, 0.15) is 11.9 Å². The predicted octanol–water partition coefficient (Wildman–Crippen LogP) is 1.79. The van der Waals surface area contributed by atoms with Crippen LogP contribution in [-0.4, -0.2) is 43.4 Å². The van der Waals surface area contributed by atoms with Gasteiger partial charge in [0.2, 0.25) is 5.88 Å². The molecule has 1 aromatic heterocycles. The molecule has 0 spiro atoms. The second kappa shape index (κ2) is 7.26. The quantitative estimate of drug-likeness (QED) is 0.835. The molecular formula is C15H22N2O4. The van der Waals surface area contributed by atoms with Gasteiger partial charge in [-0.15, -0.1) is 0 Å². The smallest absolute Gasteiger partial charge is 0.347 e. The summed E-state index contributed by atoms with van der Waals surface area (Å²) < 4.78 is 16.2. The molecule has 0 aromatic carbocycles. The molecule has 0 aliphatic carbocycles. The number of rotatable bonds is 5. The topological polar surface area (TPSA) is 69.7 Å². The van der Waals surface area contributed by atoms with Crippen LogP contribution in [0, 0.1) is 0 Å². The van der Waals surface area contributed by atoms with E-state index in [1.807, 2.05) is 0 Å². The van der Waals surface area contributed by atoms with E-state index in [-0.39, 0.29) is 17.5 Å². The van der Waals surface area contributed by atoms with Crippen LogP contribution < -0.4 is 14.8 Å². The standard InChI is InChI=1S/C15H22N2O4/c1-4-20-15(18)13-12(19-3)7-8-16-14(13)21-11-6-5-10(2)17-9-11/h7-8,10-11,17H,4-6,9H2,1-3H3/t10-,11-/m1/s1. The maximum Gasteiger partial charge on any atom is 0.347 e. The zero-order valence-corrected chi connectivity index (χ0v) is 12.7. The van der Waals surface area contributed by atoms with E-state index >= 15 is 0 Å². The molecule has 6 nitrogen and oxygen atoms in total. The Bertz CT molecular complexity index is 485. The molecule has 0 saturated carbocycles. The Balaban J connectivity index is 2.19. The summed E-state index contributed by atoms with van der Waals surface area (Å²) in [6, 6.07) is 2.12. The number of ether oxygens (including phenoxy) is 3. The van der Waals surface area contributed by atoms with E-state index < -0.39 is 5.97 Å². The zero-order chi connectivity index (χ0) is 15.2. The Labute approximate surface area is 124 Å². The SMILES string of the molecule is CCOC(=O)c1c(OC)ccnc1O[C@@H]1CC[C@@H](C)NC1. The van der Waals surface area contributed by atoms with E-state index in [9.17, 15) is 4.79 Å². The molecule has 0 unspecified atom stereocenters. The lowest BCUT2D eigenvalue weighted by atomic mass is 10.0. The molecule has 0 bridgehead atoms. The average molecular weight is 294 g/mol. The first-order chi connectivity index (χ1) is 10.2. The Morgan fingerprint density at radius 1 is 1.48 bits per heavy atom. The highest BCUT2D eigenvalue weighted by atomic mass is 16.5. The Morgan fingerprint density at radius 2 is 2.29 bits per heavy atom. The van der Waals surface area contributed by atoms with Gasteiger partial charge in [-0.1, -0.05) is 0 Å². The van der Waals surface area contributed by atoms with Gasteiger partial charge in [0.05, 0.1) is 13.7 Å². The van der Waals surface area contributed by atoms with E-state index in [0.717, 1.165) is 19.4 Å². The number of nitrogens with one attached hydrogen (secondary N) is 1. The minimum Gasteiger partial charge on any atom is -0.496 e. The molecule has 0 radical (unpaired) electrons. The van der Waals surface area contributed by atoms with Crippen molar-refractivity contribution in [2.45, 2.75) is 38.8 Å². The van der Waals surface area contributed by atoms with Gasteiger partial charge in [-0.05, 0) is 32.8 Å². The summed E-state index contributed by atoms with van der Waals surface area (Å²) in [6.07, 6.45) is 3.52. The van der Waals surface area contributed by atoms with Crippen LogP contribution in [0.25, 0.3) is 0 Å². The van der Waals surface area contributed by atoms with Crippen molar-refractivity contribution in [3.8, 4) is 11.6 Å². The third-order valence-electron chi connectivity index (χ3n) is 3.47. The van der Waals surface area contributed by atoms with Crippen molar-refractivity contribution >= 4 is 5.97 Å². The number of esters is 1.